The van der Waals surface area contributed by atoms with E-state index in [4.69, 9.17) is 36.4 Å². The van der Waals surface area contributed by atoms with Gasteiger partial charge < -0.3 is 0 Å². The van der Waals surface area contributed by atoms with Gasteiger partial charge in [0, 0.05) is 11.8 Å². The van der Waals surface area contributed by atoms with Crippen molar-refractivity contribution in [3.05, 3.63) is 78.0 Å². The highest BCUT2D eigenvalue weighted by Crippen LogP contribution is 2.54. The van der Waals surface area contributed by atoms with E-state index in [0.29, 0.717) is 5.56 Å². The third kappa shape index (κ3) is 4.62. The highest BCUT2D eigenvalue weighted by Gasteiger charge is 2.40. The Morgan fingerprint density at radius 1 is 0.688 bits per heavy atom. The molecule has 8 radical (unpaired) electrons. The monoisotopic (exact) mass is 431 g/mol. The molecule has 0 spiro atoms. The molecule has 0 aliphatic rings. The summed E-state index contributed by atoms with van der Waals surface area (Å²) in [4.78, 5) is 4.76. The fourth-order valence-corrected chi connectivity index (χ4v) is 4.31. The molecule has 2 aromatic carbocycles. The van der Waals surface area contributed by atoms with Crippen molar-refractivity contribution in [3.63, 3.8) is 0 Å². The van der Waals surface area contributed by atoms with Crippen LogP contribution in [0, 0.1) is 5.41 Å². The largest absolute Gasteiger partial charge is 0.256 e. The average Bonchev–Trinajstić information content (AvgIpc) is 2.72. The van der Waals surface area contributed by atoms with Gasteiger partial charge in [0.1, 0.15) is 0 Å². The molecule has 3 aromatic rings. The third-order valence-electron chi connectivity index (χ3n) is 6.29. The minimum Gasteiger partial charge on any atom is -0.256 e. The topological polar surface area (TPSA) is 12.9 Å². The summed E-state index contributed by atoms with van der Waals surface area (Å²) >= 11 is 0. The molecule has 32 heavy (non-hydrogen) atoms. The average molecular weight is 431 g/mol. The van der Waals surface area contributed by atoms with Crippen LogP contribution < -0.4 is 0 Å². The zero-order valence-corrected chi connectivity index (χ0v) is 20.8. The summed E-state index contributed by atoms with van der Waals surface area (Å²) in [5.74, 6) is 0. The smallest absolute Gasteiger partial charge is 0.0805 e. The fourth-order valence-electron chi connectivity index (χ4n) is 3.49. The molecule has 1 aromatic heterocycles. The summed E-state index contributed by atoms with van der Waals surface area (Å²) in [7, 11) is 25.6. The number of hydrogen-bond donors (Lipinski definition) is 0. The molecule has 0 amide bonds. The van der Waals surface area contributed by atoms with Crippen LogP contribution in [0.15, 0.2) is 66.9 Å². The molecule has 0 aliphatic heterocycles. The molecular weight excluding hydrogens is 402 g/mol. The molecular formula is C26H29B4NS. The zero-order chi connectivity index (χ0) is 23.9. The van der Waals surface area contributed by atoms with Crippen LogP contribution in [0.5, 0.6) is 0 Å². The lowest BCUT2D eigenvalue weighted by Crippen LogP contribution is -2.45. The van der Waals surface area contributed by atoms with Crippen molar-refractivity contribution in [2.45, 2.75) is 30.5 Å². The Morgan fingerprint density at radius 2 is 1.25 bits per heavy atom. The quantitative estimate of drug-likeness (QED) is 0.514. The first kappa shape index (κ1) is 24.8. The molecule has 0 saturated carbocycles. The molecule has 1 heterocycles. The first-order valence-corrected chi connectivity index (χ1v) is 13.5. The maximum absolute atomic E-state index is 6.77. The van der Waals surface area contributed by atoms with E-state index in [9.17, 15) is 0 Å². The Hall–Kier alpha value is -1.80. The van der Waals surface area contributed by atoms with Crippen molar-refractivity contribution >= 4 is 41.4 Å². The number of nitrogens with zero attached hydrogens (tertiary/aromatic N) is 1. The summed E-state index contributed by atoms with van der Waals surface area (Å²) in [5, 5.41) is -1.16. The van der Waals surface area contributed by atoms with Crippen LogP contribution in [0.3, 0.4) is 0 Å². The molecule has 1 nitrogen and oxygen atoms in total. The molecule has 0 bridgehead atoms. The predicted octanol–water partition coefficient (Wildman–Crippen LogP) is 5.09. The van der Waals surface area contributed by atoms with Crippen molar-refractivity contribution in [2.24, 2.45) is 5.41 Å². The van der Waals surface area contributed by atoms with Crippen LogP contribution in [0.4, 0.5) is 0 Å². The lowest BCUT2D eigenvalue weighted by molar-refractivity contribution is 0.357. The molecule has 156 valence electrons. The third-order valence-corrected chi connectivity index (χ3v) is 8.54. The van der Waals surface area contributed by atoms with E-state index >= 15 is 0 Å². The van der Waals surface area contributed by atoms with Gasteiger partial charge in [-0.15, -0.1) is 0 Å². The van der Waals surface area contributed by atoms with E-state index in [1.54, 1.807) is 6.20 Å². The van der Waals surface area contributed by atoms with Gasteiger partial charge in [0.2, 0.25) is 0 Å². The van der Waals surface area contributed by atoms with Gasteiger partial charge in [-0.3, -0.25) is 15.0 Å². The number of hydrogen-bond acceptors (Lipinski definition) is 1. The van der Waals surface area contributed by atoms with Crippen molar-refractivity contribution in [1.29, 1.82) is 0 Å². The molecule has 0 atom stereocenters. The Labute approximate surface area is 201 Å². The Morgan fingerprint density at radius 3 is 1.81 bits per heavy atom. The van der Waals surface area contributed by atoms with Crippen molar-refractivity contribution in [1.82, 2.24) is 4.98 Å². The lowest BCUT2D eigenvalue weighted by Gasteiger charge is -2.50. The van der Waals surface area contributed by atoms with E-state index in [1.165, 1.54) is 0 Å². The van der Waals surface area contributed by atoms with Gasteiger partial charge in [-0.2, -0.15) is 0 Å². The van der Waals surface area contributed by atoms with Crippen LogP contribution in [-0.4, -0.2) is 55.1 Å². The Bertz CT molecular complexity index is 1100. The Kier molecular flexibility index (Phi) is 6.61. The van der Waals surface area contributed by atoms with E-state index in [2.05, 4.69) is 43.0 Å². The predicted molar refractivity (Wildman–Crippen MR) is 146 cm³/mol. The maximum Gasteiger partial charge on any atom is 0.0805 e. The molecule has 0 saturated heterocycles. The highest BCUT2D eigenvalue weighted by molar-refractivity contribution is 8.34. The van der Waals surface area contributed by atoms with E-state index in [1.807, 2.05) is 57.2 Å². The Balaban J connectivity index is 2.22. The van der Waals surface area contributed by atoms with Crippen molar-refractivity contribution < 1.29 is 0 Å². The first-order chi connectivity index (χ1) is 14.7. The summed E-state index contributed by atoms with van der Waals surface area (Å²) in [6, 6.07) is 20.5. The van der Waals surface area contributed by atoms with Gasteiger partial charge in [-0.25, -0.2) is 0 Å². The van der Waals surface area contributed by atoms with Gasteiger partial charge in [0.05, 0.1) is 37.1 Å². The normalized spacial score (nSPS) is 13.7. The van der Waals surface area contributed by atoms with Crippen LogP contribution in [0.25, 0.3) is 22.4 Å². The van der Waals surface area contributed by atoms with Crippen LogP contribution in [-0.2, 0) is 9.76 Å². The molecule has 0 N–H and O–H groups in total. The van der Waals surface area contributed by atoms with Crippen LogP contribution >= 0.6 is 10.0 Å². The van der Waals surface area contributed by atoms with E-state index in [0.717, 1.165) is 27.9 Å². The van der Waals surface area contributed by atoms with Crippen molar-refractivity contribution in [2.75, 3.05) is 18.8 Å². The number of pyridine rings is 1. The maximum atomic E-state index is 6.77. The van der Waals surface area contributed by atoms with Gasteiger partial charge in [0.25, 0.3) is 0 Å². The summed E-state index contributed by atoms with van der Waals surface area (Å²) in [6.45, 7) is 6.06. The van der Waals surface area contributed by atoms with Crippen LogP contribution in [0.1, 0.15) is 31.9 Å². The second kappa shape index (κ2) is 8.52. The standard InChI is InChI=1S/C26H29B4NS/c1-24(2,3)25(27,28)21-16-23(31-17-22(21)26(29,30)32(4,5)6)20-14-10-13-19(15-20)18-11-8-7-9-12-18/h7-17H,1-6H3. The molecule has 0 unspecified atom stereocenters. The minimum absolute atomic E-state index is 0.435. The lowest BCUT2D eigenvalue weighted by atomic mass is 9.39. The molecule has 6 heteroatoms. The van der Waals surface area contributed by atoms with Crippen molar-refractivity contribution in [3.8, 4) is 22.4 Å². The van der Waals surface area contributed by atoms with Gasteiger partial charge >= 0.3 is 0 Å². The fraction of sp³-hybridized carbons (Fsp3) is 0.346. The van der Waals surface area contributed by atoms with Gasteiger partial charge in [-0.1, -0.05) is 80.1 Å². The van der Waals surface area contributed by atoms with Gasteiger partial charge in [0.15, 0.2) is 0 Å². The minimum atomic E-state index is -1.40. The SMILES string of the molecule is [B]C([B])(c1cc(-c2cccc(-c3ccccc3)c2)ncc1C([B])([B])S(C)(C)C)C(C)(C)C. The second-order valence-electron chi connectivity index (χ2n) is 10.3. The number of aromatic nitrogens is 1. The zero-order valence-electron chi connectivity index (χ0n) is 20.0. The van der Waals surface area contributed by atoms with Gasteiger partial charge in [-0.05, 0) is 57.6 Å². The van der Waals surface area contributed by atoms with E-state index < -0.39 is 25.2 Å². The molecule has 0 aliphatic carbocycles. The van der Waals surface area contributed by atoms with E-state index in [-0.39, 0.29) is 0 Å². The highest BCUT2D eigenvalue weighted by atomic mass is 32.3. The first-order valence-electron chi connectivity index (χ1n) is 10.7. The summed E-state index contributed by atoms with van der Waals surface area (Å²) in [6.07, 6.45) is 8.01. The number of rotatable bonds is 5. The molecule has 0 fully saturated rings. The van der Waals surface area contributed by atoms with Crippen LogP contribution in [0.2, 0.25) is 0 Å². The molecule has 3 rings (SSSR count). The number of benzene rings is 2. The summed E-state index contributed by atoms with van der Waals surface area (Å²) in [5.41, 5.74) is 5.01. The summed E-state index contributed by atoms with van der Waals surface area (Å²) < 4.78 is -1.09. The second-order valence-corrected chi connectivity index (χ2v) is 14.7.